The van der Waals surface area contributed by atoms with Crippen LogP contribution in [0.2, 0.25) is 0 Å². The Kier molecular flexibility index (Phi) is 39.8. The molecular weight excluding hydrogens is 626 g/mol. The lowest BCUT2D eigenvalue weighted by Crippen LogP contribution is -3.02. The SMILES string of the molecule is CCCCCCCCCCCCCCCC(=O)C(O)C(O)(C(=O)CCCCCCCCCCCCCCC)C(=O)OCC.C[NH+](C)C.[Cl-]. The number of ether oxygens (including phenoxy) is 1. The summed E-state index contributed by atoms with van der Waals surface area (Å²) in [6, 6.07) is 0. The molecule has 0 bridgehead atoms. The lowest BCUT2D eigenvalue weighted by Gasteiger charge is -2.28. The Labute approximate surface area is 303 Å². The van der Waals surface area contributed by atoms with E-state index in [2.05, 4.69) is 35.0 Å². The number of aliphatic hydroxyl groups excluding tert-OH is 1. The van der Waals surface area contributed by atoms with Gasteiger partial charge in [-0.1, -0.05) is 168 Å². The molecule has 0 rings (SSSR count). The van der Waals surface area contributed by atoms with Crippen LogP contribution in [0.15, 0.2) is 0 Å². The molecule has 2 atom stereocenters. The number of Topliss-reactive ketones (excluding diaryl/α,β-unsaturated/α-hetero) is 2. The predicted octanol–water partition coefficient (Wildman–Crippen LogP) is 5.51. The molecule has 0 aliphatic carbocycles. The third-order valence-electron chi connectivity index (χ3n) is 8.75. The van der Waals surface area contributed by atoms with Gasteiger partial charge in [-0.15, -0.1) is 0 Å². The van der Waals surface area contributed by atoms with E-state index in [-0.39, 0.29) is 31.9 Å². The van der Waals surface area contributed by atoms with Crippen molar-refractivity contribution in [3.63, 3.8) is 0 Å². The minimum atomic E-state index is -2.82. The summed E-state index contributed by atoms with van der Waals surface area (Å²) in [6.07, 6.45) is 28.3. The van der Waals surface area contributed by atoms with E-state index in [1.807, 2.05) is 0 Å². The van der Waals surface area contributed by atoms with Crippen LogP contribution in [-0.2, 0) is 19.1 Å². The number of halogens is 1. The van der Waals surface area contributed by atoms with Crippen molar-refractivity contribution in [1.29, 1.82) is 0 Å². The van der Waals surface area contributed by atoms with E-state index in [4.69, 9.17) is 4.74 Å². The molecule has 0 aromatic rings. The predicted molar refractivity (Wildman–Crippen MR) is 197 cm³/mol. The smallest absolute Gasteiger partial charge is 0.349 e. The number of hydrogen-bond acceptors (Lipinski definition) is 6. The molecule has 0 saturated carbocycles. The summed E-state index contributed by atoms with van der Waals surface area (Å²) in [5.41, 5.74) is -2.82. The maximum absolute atomic E-state index is 13.0. The number of quaternary nitrogens is 1. The quantitative estimate of drug-likeness (QED) is 0.0473. The van der Waals surface area contributed by atoms with Crippen molar-refractivity contribution in [3.05, 3.63) is 0 Å². The van der Waals surface area contributed by atoms with Crippen LogP contribution < -0.4 is 17.3 Å². The zero-order chi connectivity index (χ0) is 35.6. The van der Waals surface area contributed by atoms with E-state index in [0.717, 1.165) is 38.5 Å². The number of carbonyl (C=O) groups excluding carboxylic acids is 3. The maximum atomic E-state index is 13.0. The molecule has 7 nitrogen and oxygen atoms in total. The standard InChI is InChI=1S/C37H70O6.C3H9N.ClH/c1-4-7-9-11-13-15-17-19-21-23-25-27-29-31-33(38)35(40)37(42,36(41)43-6-3)34(39)32-30-28-26-24-22-20-18-16-14-12-10-8-5-2;1-4(2)3;/h35,40,42H,4-32H2,1-3H3;1-3H3;1H. The van der Waals surface area contributed by atoms with Crippen molar-refractivity contribution < 1.29 is 46.6 Å². The average molecular weight is 707 g/mol. The number of carbonyl (C=O) groups is 3. The first-order valence-corrected chi connectivity index (χ1v) is 20.0. The molecule has 0 aliphatic rings. The van der Waals surface area contributed by atoms with Crippen LogP contribution in [0.4, 0.5) is 0 Å². The largest absolute Gasteiger partial charge is 1.00 e. The fourth-order valence-corrected chi connectivity index (χ4v) is 5.80. The monoisotopic (exact) mass is 706 g/mol. The summed E-state index contributed by atoms with van der Waals surface area (Å²) in [5.74, 6) is -2.71. The van der Waals surface area contributed by atoms with Crippen molar-refractivity contribution in [1.82, 2.24) is 0 Å². The first kappa shape index (κ1) is 51.4. The normalized spacial score (nSPS) is 12.9. The van der Waals surface area contributed by atoms with E-state index in [9.17, 15) is 24.6 Å². The molecule has 0 radical (unpaired) electrons. The first-order valence-electron chi connectivity index (χ1n) is 20.0. The second kappa shape index (κ2) is 37.2. The van der Waals surface area contributed by atoms with Gasteiger partial charge in [-0.3, -0.25) is 9.59 Å². The Bertz CT molecular complexity index is 732. The Hall–Kier alpha value is -1.02. The van der Waals surface area contributed by atoms with Gasteiger partial charge in [-0.05, 0) is 19.8 Å². The van der Waals surface area contributed by atoms with E-state index in [1.165, 1.54) is 120 Å². The highest BCUT2D eigenvalue weighted by molar-refractivity contribution is 6.11. The number of unbranched alkanes of at least 4 members (excludes halogenated alkanes) is 24. The number of ketones is 2. The molecule has 288 valence electrons. The summed E-state index contributed by atoms with van der Waals surface area (Å²) < 4.78 is 4.92. The lowest BCUT2D eigenvalue weighted by atomic mass is 9.85. The molecule has 2 unspecified atom stereocenters. The lowest BCUT2D eigenvalue weighted by molar-refractivity contribution is -0.836. The van der Waals surface area contributed by atoms with Gasteiger partial charge in [0.25, 0.3) is 5.60 Å². The van der Waals surface area contributed by atoms with Gasteiger partial charge in [0.1, 0.15) is 0 Å². The maximum Gasteiger partial charge on any atom is 0.349 e. The van der Waals surface area contributed by atoms with Gasteiger partial charge < -0.3 is 32.3 Å². The number of hydrogen-bond donors (Lipinski definition) is 3. The van der Waals surface area contributed by atoms with Crippen molar-refractivity contribution in [2.45, 2.75) is 212 Å². The second-order valence-electron chi connectivity index (χ2n) is 14.3. The van der Waals surface area contributed by atoms with Crippen LogP contribution in [0.5, 0.6) is 0 Å². The fraction of sp³-hybridized carbons (Fsp3) is 0.925. The van der Waals surface area contributed by atoms with Crippen LogP contribution in [0.3, 0.4) is 0 Å². The molecule has 0 spiro atoms. The van der Waals surface area contributed by atoms with Crippen molar-refractivity contribution in [3.8, 4) is 0 Å². The highest BCUT2D eigenvalue weighted by Gasteiger charge is 2.53. The molecule has 0 aromatic carbocycles. The van der Waals surface area contributed by atoms with Crippen LogP contribution in [0.1, 0.15) is 201 Å². The zero-order valence-corrected chi connectivity index (χ0v) is 33.2. The highest BCUT2D eigenvalue weighted by Crippen LogP contribution is 2.23. The molecule has 0 aliphatic heterocycles. The molecule has 0 saturated heterocycles. The molecular formula is C40H80ClNO6. The van der Waals surface area contributed by atoms with E-state index in [0.29, 0.717) is 12.8 Å². The number of nitrogens with one attached hydrogen (secondary N) is 1. The molecule has 3 N–H and O–H groups in total. The third-order valence-corrected chi connectivity index (χ3v) is 8.75. The van der Waals surface area contributed by atoms with Gasteiger partial charge >= 0.3 is 5.97 Å². The number of aliphatic hydroxyl groups is 2. The van der Waals surface area contributed by atoms with E-state index >= 15 is 0 Å². The van der Waals surface area contributed by atoms with Crippen molar-refractivity contribution >= 4 is 17.5 Å². The Morgan fingerprint density at radius 3 is 1.10 bits per heavy atom. The van der Waals surface area contributed by atoms with Crippen LogP contribution in [0, 0.1) is 0 Å². The van der Waals surface area contributed by atoms with Crippen LogP contribution >= 0.6 is 0 Å². The van der Waals surface area contributed by atoms with Gasteiger partial charge in [0, 0.05) is 12.8 Å². The minimum absolute atomic E-state index is 0. The van der Waals surface area contributed by atoms with E-state index < -0.39 is 29.2 Å². The third kappa shape index (κ3) is 29.9. The summed E-state index contributed by atoms with van der Waals surface area (Å²) in [4.78, 5) is 39.7. The summed E-state index contributed by atoms with van der Waals surface area (Å²) in [6.45, 7) is 6.00. The minimum Gasteiger partial charge on any atom is -1.00 e. The highest BCUT2D eigenvalue weighted by atomic mass is 35.5. The van der Waals surface area contributed by atoms with Crippen LogP contribution in [0.25, 0.3) is 0 Å². The summed E-state index contributed by atoms with van der Waals surface area (Å²) in [5, 5.41) is 21.7. The van der Waals surface area contributed by atoms with Crippen LogP contribution in [-0.4, -0.2) is 67.2 Å². The molecule has 48 heavy (non-hydrogen) atoms. The molecule has 8 heteroatoms. The zero-order valence-electron chi connectivity index (χ0n) is 32.5. The average Bonchev–Trinajstić information content (AvgIpc) is 3.04. The fourth-order valence-electron chi connectivity index (χ4n) is 5.80. The first-order chi connectivity index (χ1) is 22.6. The summed E-state index contributed by atoms with van der Waals surface area (Å²) >= 11 is 0. The molecule has 0 aromatic heterocycles. The van der Waals surface area contributed by atoms with Gasteiger partial charge in [0.2, 0.25) is 0 Å². The topological polar surface area (TPSA) is 105 Å². The van der Waals surface area contributed by atoms with Gasteiger partial charge in [0.15, 0.2) is 17.7 Å². The van der Waals surface area contributed by atoms with Crippen molar-refractivity contribution in [2.24, 2.45) is 0 Å². The number of rotatable bonds is 33. The molecule has 0 fully saturated rings. The Morgan fingerprint density at radius 1 is 0.542 bits per heavy atom. The van der Waals surface area contributed by atoms with Gasteiger partial charge in [-0.25, -0.2) is 4.79 Å². The Morgan fingerprint density at radius 2 is 0.812 bits per heavy atom. The molecule has 0 heterocycles. The van der Waals surface area contributed by atoms with Gasteiger partial charge in [-0.2, -0.15) is 0 Å². The number of esters is 1. The molecule has 0 amide bonds. The van der Waals surface area contributed by atoms with Gasteiger partial charge in [0.05, 0.1) is 27.7 Å². The summed E-state index contributed by atoms with van der Waals surface area (Å²) in [7, 11) is 6.25. The second-order valence-corrected chi connectivity index (χ2v) is 14.3. The van der Waals surface area contributed by atoms with Crippen molar-refractivity contribution in [2.75, 3.05) is 27.7 Å². The Balaban J connectivity index is -0.00000381. The van der Waals surface area contributed by atoms with E-state index in [1.54, 1.807) is 6.92 Å².